The predicted octanol–water partition coefficient (Wildman–Crippen LogP) is 5.24. The van der Waals surface area contributed by atoms with Gasteiger partial charge in [-0.2, -0.15) is 13.2 Å². The number of pyridine rings is 1. The molecule has 0 saturated carbocycles. The molecule has 0 fully saturated rings. The van der Waals surface area contributed by atoms with Crippen LogP contribution in [0.3, 0.4) is 0 Å². The number of hydrogen-bond acceptors (Lipinski definition) is 4. The third-order valence-corrected chi connectivity index (χ3v) is 4.46. The lowest BCUT2D eigenvalue weighted by Crippen LogP contribution is -2.30. The molecule has 5 nitrogen and oxygen atoms in total. The molecule has 0 aliphatic rings. The van der Waals surface area contributed by atoms with Crippen molar-refractivity contribution in [2.75, 3.05) is 5.32 Å². The summed E-state index contributed by atoms with van der Waals surface area (Å²) in [5, 5.41) is 1.89. The van der Waals surface area contributed by atoms with Gasteiger partial charge in [0, 0.05) is 11.9 Å². The topological polar surface area (TPSA) is 68.3 Å². The molecule has 0 aliphatic carbocycles. The Hall–Kier alpha value is -2.03. The van der Waals surface area contributed by atoms with Crippen LogP contribution in [0.25, 0.3) is 0 Å². The van der Waals surface area contributed by atoms with Gasteiger partial charge in [0.2, 0.25) is 0 Å². The molecule has 1 atom stereocenters. The Kier molecular flexibility index (Phi) is 6.56. The van der Waals surface area contributed by atoms with Gasteiger partial charge in [-0.1, -0.05) is 40.9 Å². The van der Waals surface area contributed by atoms with Gasteiger partial charge in [0.1, 0.15) is 0 Å². The number of hydrogen-bond donors (Lipinski definition) is 1. The maximum absolute atomic E-state index is 12.7. The van der Waals surface area contributed by atoms with Crippen molar-refractivity contribution in [1.29, 1.82) is 0 Å². The van der Waals surface area contributed by atoms with Crippen LogP contribution in [0.4, 0.5) is 18.9 Å². The highest BCUT2D eigenvalue weighted by Crippen LogP contribution is 2.32. The SMILES string of the molecule is CC(OC(=O)c1ncc(Cl)c(Cl)c1Cl)C(=O)Nc1cccc(C(F)(F)F)c1. The van der Waals surface area contributed by atoms with E-state index in [2.05, 4.69) is 10.3 Å². The molecule has 0 bridgehead atoms. The monoisotopic (exact) mass is 440 g/mol. The lowest BCUT2D eigenvalue weighted by atomic mass is 10.2. The average molecular weight is 442 g/mol. The maximum atomic E-state index is 12.7. The highest BCUT2D eigenvalue weighted by molar-refractivity contribution is 6.48. The summed E-state index contributed by atoms with van der Waals surface area (Å²) in [5.41, 5.74) is -1.40. The largest absolute Gasteiger partial charge is 0.448 e. The molecular weight excluding hydrogens is 432 g/mol. The molecule has 1 unspecified atom stereocenters. The van der Waals surface area contributed by atoms with Gasteiger partial charge in [-0.3, -0.25) is 4.79 Å². The van der Waals surface area contributed by atoms with Crippen LogP contribution in [0.15, 0.2) is 30.5 Å². The van der Waals surface area contributed by atoms with Gasteiger partial charge < -0.3 is 10.1 Å². The first-order valence-electron chi connectivity index (χ1n) is 7.19. The lowest BCUT2D eigenvalue weighted by Gasteiger charge is -2.15. The first-order valence-corrected chi connectivity index (χ1v) is 8.32. The number of carbonyl (C=O) groups excluding carboxylic acids is 2. The van der Waals surface area contributed by atoms with Crippen molar-refractivity contribution in [3.63, 3.8) is 0 Å². The number of amides is 1. The minimum Gasteiger partial charge on any atom is -0.448 e. The summed E-state index contributed by atoms with van der Waals surface area (Å²) in [6.45, 7) is 1.23. The molecule has 2 aromatic rings. The number of rotatable bonds is 4. The molecule has 1 amide bonds. The van der Waals surface area contributed by atoms with E-state index in [1.165, 1.54) is 13.0 Å². The number of benzene rings is 1. The quantitative estimate of drug-likeness (QED) is 0.659. The summed E-state index contributed by atoms with van der Waals surface area (Å²) >= 11 is 17.4. The molecule has 144 valence electrons. The molecule has 27 heavy (non-hydrogen) atoms. The first-order chi connectivity index (χ1) is 12.5. The third kappa shape index (κ3) is 5.24. The molecular formula is C16H10Cl3F3N2O3. The van der Waals surface area contributed by atoms with Crippen LogP contribution in [0.5, 0.6) is 0 Å². The van der Waals surface area contributed by atoms with Gasteiger partial charge in [-0.05, 0) is 25.1 Å². The number of aromatic nitrogens is 1. The minimum absolute atomic E-state index is 0.0218. The fourth-order valence-electron chi connectivity index (χ4n) is 1.87. The summed E-state index contributed by atoms with van der Waals surface area (Å²) in [5.74, 6) is -1.90. The minimum atomic E-state index is -4.56. The number of nitrogens with zero attached hydrogens (tertiary/aromatic N) is 1. The Labute approximate surface area is 166 Å². The first kappa shape index (κ1) is 21.3. The summed E-state index contributed by atoms with van der Waals surface area (Å²) < 4.78 is 43.0. The van der Waals surface area contributed by atoms with E-state index in [1.807, 2.05) is 0 Å². The average Bonchev–Trinajstić information content (AvgIpc) is 2.59. The van der Waals surface area contributed by atoms with E-state index >= 15 is 0 Å². The van der Waals surface area contributed by atoms with E-state index in [0.717, 1.165) is 24.4 Å². The second-order valence-electron chi connectivity index (χ2n) is 5.20. The Morgan fingerprint density at radius 3 is 2.48 bits per heavy atom. The fraction of sp³-hybridized carbons (Fsp3) is 0.188. The molecule has 0 spiro atoms. The normalized spacial score (nSPS) is 12.4. The fourth-order valence-corrected chi connectivity index (χ4v) is 2.43. The zero-order chi connectivity index (χ0) is 20.4. The van der Waals surface area contributed by atoms with E-state index in [0.29, 0.717) is 0 Å². The van der Waals surface area contributed by atoms with Crippen LogP contribution in [0, 0.1) is 0 Å². The third-order valence-electron chi connectivity index (χ3n) is 3.22. The summed E-state index contributed by atoms with van der Waals surface area (Å²) in [6, 6.07) is 4.01. The second-order valence-corrected chi connectivity index (χ2v) is 6.36. The van der Waals surface area contributed by atoms with Crippen LogP contribution < -0.4 is 5.32 Å². The van der Waals surface area contributed by atoms with E-state index in [4.69, 9.17) is 39.5 Å². The number of anilines is 1. The van der Waals surface area contributed by atoms with Crippen LogP contribution in [0.2, 0.25) is 15.1 Å². The molecule has 0 radical (unpaired) electrons. The lowest BCUT2D eigenvalue weighted by molar-refractivity contribution is -0.137. The zero-order valence-electron chi connectivity index (χ0n) is 13.4. The highest BCUT2D eigenvalue weighted by atomic mass is 35.5. The van der Waals surface area contributed by atoms with Gasteiger partial charge in [-0.25, -0.2) is 9.78 Å². The second kappa shape index (κ2) is 8.33. The molecule has 2 rings (SSSR count). The van der Waals surface area contributed by atoms with Crippen molar-refractivity contribution in [1.82, 2.24) is 4.98 Å². The Morgan fingerprint density at radius 1 is 1.19 bits per heavy atom. The van der Waals surface area contributed by atoms with E-state index < -0.39 is 29.7 Å². The van der Waals surface area contributed by atoms with Gasteiger partial charge in [0.05, 0.1) is 20.6 Å². The number of esters is 1. The van der Waals surface area contributed by atoms with Crippen molar-refractivity contribution in [2.24, 2.45) is 0 Å². The number of alkyl halides is 3. The number of halogens is 6. The summed E-state index contributed by atoms with van der Waals surface area (Å²) in [6.07, 6.45) is -4.83. The van der Waals surface area contributed by atoms with Crippen LogP contribution in [-0.2, 0) is 15.7 Å². The molecule has 1 aromatic heterocycles. The number of carbonyl (C=O) groups is 2. The standard InChI is InChI=1S/C16H10Cl3F3N2O3/c1-7(27-15(26)13-12(19)11(18)10(17)6-23-13)14(25)24-9-4-2-3-8(5-9)16(20,21)22/h2-7H,1H3,(H,24,25). The predicted molar refractivity (Wildman–Crippen MR) is 94.2 cm³/mol. The van der Waals surface area contributed by atoms with Gasteiger partial charge in [-0.15, -0.1) is 0 Å². The maximum Gasteiger partial charge on any atom is 0.416 e. The molecule has 1 heterocycles. The van der Waals surface area contributed by atoms with Crippen molar-refractivity contribution < 1.29 is 27.5 Å². The number of ether oxygens (including phenoxy) is 1. The van der Waals surface area contributed by atoms with Crippen LogP contribution >= 0.6 is 34.8 Å². The van der Waals surface area contributed by atoms with Crippen molar-refractivity contribution in [2.45, 2.75) is 19.2 Å². The molecule has 0 aliphatic heterocycles. The van der Waals surface area contributed by atoms with Crippen molar-refractivity contribution in [3.8, 4) is 0 Å². The molecule has 1 N–H and O–H groups in total. The smallest absolute Gasteiger partial charge is 0.416 e. The van der Waals surface area contributed by atoms with E-state index in [-0.39, 0.29) is 26.4 Å². The van der Waals surface area contributed by atoms with Gasteiger partial charge in [0.25, 0.3) is 5.91 Å². The Balaban J connectivity index is 2.08. The van der Waals surface area contributed by atoms with Crippen LogP contribution in [0.1, 0.15) is 23.0 Å². The highest BCUT2D eigenvalue weighted by Gasteiger charge is 2.31. The van der Waals surface area contributed by atoms with Crippen LogP contribution in [-0.4, -0.2) is 23.0 Å². The number of nitrogens with one attached hydrogen (secondary N) is 1. The zero-order valence-corrected chi connectivity index (χ0v) is 15.7. The van der Waals surface area contributed by atoms with E-state index in [9.17, 15) is 22.8 Å². The summed E-state index contributed by atoms with van der Waals surface area (Å²) in [4.78, 5) is 27.9. The van der Waals surface area contributed by atoms with Gasteiger partial charge in [0.15, 0.2) is 11.8 Å². The molecule has 0 saturated heterocycles. The van der Waals surface area contributed by atoms with Gasteiger partial charge >= 0.3 is 12.1 Å². The van der Waals surface area contributed by atoms with Crippen molar-refractivity contribution in [3.05, 3.63) is 56.8 Å². The summed E-state index contributed by atoms with van der Waals surface area (Å²) in [7, 11) is 0. The molecule has 1 aromatic carbocycles. The van der Waals surface area contributed by atoms with E-state index in [1.54, 1.807) is 0 Å². The molecule has 11 heteroatoms. The Morgan fingerprint density at radius 2 is 1.85 bits per heavy atom. The van der Waals surface area contributed by atoms with Crippen molar-refractivity contribution >= 4 is 52.4 Å². The Bertz CT molecular complexity index is 891.